The third-order valence-electron chi connectivity index (χ3n) is 2.60. The first-order valence-corrected chi connectivity index (χ1v) is 5.31. The minimum absolute atomic E-state index is 0.161. The Morgan fingerprint density at radius 3 is 2.61 bits per heavy atom. The summed E-state index contributed by atoms with van der Waals surface area (Å²) in [7, 11) is 1.44. The molecule has 1 heterocycles. The molecule has 0 aliphatic carbocycles. The molecule has 1 aliphatic heterocycles. The van der Waals surface area contributed by atoms with Crippen molar-refractivity contribution in [2.75, 3.05) is 7.05 Å². The van der Waals surface area contributed by atoms with E-state index in [4.69, 9.17) is 0 Å². The van der Waals surface area contributed by atoms with Crippen molar-refractivity contribution in [2.45, 2.75) is 6.04 Å². The lowest BCUT2D eigenvalue weighted by atomic mass is 10.1. The maximum Gasteiger partial charge on any atom is 0.333 e. The van der Waals surface area contributed by atoms with Crippen LogP contribution in [0.4, 0.5) is 0 Å². The van der Waals surface area contributed by atoms with Gasteiger partial charge in [0.25, 0.3) is 0 Å². The van der Waals surface area contributed by atoms with Gasteiger partial charge in [0.1, 0.15) is 5.71 Å². The number of nitrogens with one attached hydrogen (secondary N) is 1. The van der Waals surface area contributed by atoms with Crippen molar-refractivity contribution in [1.29, 1.82) is 0 Å². The molecular formula is C12H11N3O3. The molecule has 1 aromatic carbocycles. The molecule has 92 valence electrons. The van der Waals surface area contributed by atoms with E-state index >= 15 is 0 Å². The summed E-state index contributed by atoms with van der Waals surface area (Å²) in [6, 6.07) is 7.82. The van der Waals surface area contributed by atoms with Crippen LogP contribution >= 0.6 is 0 Å². The van der Waals surface area contributed by atoms with Crippen LogP contribution in [-0.4, -0.2) is 29.6 Å². The molecule has 0 spiro atoms. The Kier molecular flexibility index (Phi) is 3.18. The van der Waals surface area contributed by atoms with Crippen molar-refractivity contribution >= 4 is 17.7 Å². The standard InChI is InChI=1S/C12H11N3O3/c1-13-10-9(7-8-5-3-2-4-6-8)14-12(16)11(10)15(17)18/h2-7,11H,1H3,(H,14,16). The summed E-state index contributed by atoms with van der Waals surface area (Å²) in [6.07, 6.45) is 1.67. The average Bonchev–Trinajstić information content (AvgIpc) is 2.66. The number of amides is 1. The lowest BCUT2D eigenvalue weighted by molar-refractivity contribution is -0.488. The van der Waals surface area contributed by atoms with Crippen molar-refractivity contribution in [3.63, 3.8) is 0 Å². The second-order valence-electron chi connectivity index (χ2n) is 3.75. The van der Waals surface area contributed by atoms with Crippen LogP contribution in [0.3, 0.4) is 0 Å². The van der Waals surface area contributed by atoms with E-state index in [1.54, 1.807) is 6.08 Å². The number of nitrogens with zero attached hydrogens (tertiary/aromatic N) is 2. The van der Waals surface area contributed by atoms with E-state index < -0.39 is 16.9 Å². The van der Waals surface area contributed by atoms with Gasteiger partial charge in [0, 0.05) is 12.0 Å². The van der Waals surface area contributed by atoms with E-state index in [0.717, 1.165) is 5.56 Å². The molecule has 2 rings (SSSR count). The van der Waals surface area contributed by atoms with E-state index in [9.17, 15) is 14.9 Å². The van der Waals surface area contributed by atoms with Gasteiger partial charge in [-0.05, 0) is 11.6 Å². The zero-order valence-electron chi connectivity index (χ0n) is 9.66. The lowest BCUT2D eigenvalue weighted by Crippen LogP contribution is -2.33. The van der Waals surface area contributed by atoms with Gasteiger partial charge in [-0.25, -0.2) is 0 Å². The fourth-order valence-corrected chi connectivity index (χ4v) is 1.80. The quantitative estimate of drug-likeness (QED) is 0.619. The molecule has 0 radical (unpaired) electrons. The minimum Gasteiger partial charge on any atom is -0.318 e. The minimum atomic E-state index is -1.41. The number of hydrogen-bond donors (Lipinski definition) is 1. The van der Waals surface area contributed by atoms with Gasteiger partial charge in [0.15, 0.2) is 0 Å². The molecule has 1 unspecified atom stereocenters. The van der Waals surface area contributed by atoms with Crippen LogP contribution in [0.2, 0.25) is 0 Å². The molecule has 1 atom stereocenters. The van der Waals surface area contributed by atoms with Gasteiger partial charge in [0.2, 0.25) is 0 Å². The Labute approximate surface area is 103 Å². The van der Waals surface area contributed by atoms with Crippen molar-refractivity contribution in [1.82, 2.24) is 5.32 Å². The molecule has 18 heavy (non-hydrogen) atoms. The number of aliphatic imine (C=N–C) groups is 1. The Hall–Kier alpha value is -2.50. The maximum atomic E-state index is 11.5. The van der Waals surface area contributed by atoms with Gasteiger partial charge < -0.3 is 5.32 Å². The summed E-state index contributed by atoms with van der Waals surface area (Å²) in [6.45, 7) is 0. The van der Waals surface area contributed by atoms with Crippen LogP contribution < -0.4 is 5.32 Å². The van der Waals surface area contributed by atoms with Gasteiger partial charge in [-0.3, -0.25) is 19.9 Å². The van der Waals surface area contributed by atoms with Crippen LogP contribution in [0.25, 0.3) is 6.08 Å². The monoisotopic (exact) mass is 245 g/mol. The first-order chi connectivity index (χ1) is 8.63. The molecule has 0 bridgehead atoms. The van der Waals surface area contributed by atoms with E-state index in [-0.39, 0.29) is 5.71 Å². The molecule has 0 saturated carbocycles. The second kappa shape index (κ2) is 4.79. The fraction of sp³-hybridized carbons (Fsp3) is 0.167. The highest BCUT2D eigenvalue weighted by Crippen LogP contribution is 2.15. The van der Waals surface area contributed by atoms with Gasteiger partial charge in [-0.15, -0.1) is 0 Å². The van der Waals surface area contributed by atoms with Crippen molar-refractivity contribution < 1.29 is 9.72 Å². The highest BCUT2D eigenvalue weighted by atomic mass is 16.6. The Morgan fingerprint density at radius 1 is 1.39 bits per heavy atom. The van der Waals surface area contributed by atoms with Crippen LogP contribution in [0.5, 0.6) is 0 Å². The van der Waals surface area contributed by atoms with Crippen LogP contribution in [0.1, 0.15) is 5.56 Å². The second-order valence-corrected chi connectivity index (χ2v) is 3.75. The SMILES string of the molecule is CN=C1C(=Cc2ccccc2)NC(=O)C1[N+](=O)[O-]. The largest absolute Gasteiger partial charge is 0.333 e. The average molecular weight is 245 g/mol. The molecule has 6 nitrogen and oxygen atoms in total. The van der Waals surface area contributed by atoms with Gasteiger partial charge >= 0.3 is 11.9 Å². The van der Waals surface area contributed by atoms with Crippen molar-refractivity contribution in [3.05, 3.63) is 51.7 Å². The third kappa shape index (κ3) is 2.13. The summed E-state index contributed by atoms with van der Waals surface area (Å²) < 4.78 is 0. The number of benzene rings is 1. The lowest BCUT2D eigenvalue weighted by Gasteiger charge is -1.99. The topological polar surface area (TPSA) is 84.6 Å². The highest BCUT2D eigenvalue weighted by Gasteiger charge is 2.44. The van der Waals surface area contributed by atoms with E-state index in [1.807, 2.05) is 30.3 Å². The van der Waals surface area contributed by atoms with E-state index in [1.165, 1.54) is 7.05 Å². The summed E-state index contributed by atoms with van der Waals surface area (Å²) in [5.41, 5.74) is 1.39. The molecule has 1 N–H and O–H groups in total. The fourth-order valence-electron chi connectivity index (χ4n) is 1.80. The molecule has 1 aliphatic rings. The van der Waals surface area contributed by atoms with Crippen LogP contribution in [-0.2, 0) is 4.79 Å². The molecule has 0 aromatic heterocycles. The number of nitro groups is 1. The normalized spacial score (nSPS) is 23.4. The zero-order chi connectivity index (χ0) is 13.1. The Balaban J connectivity index is 2.39. The Morgan fingerprint density at radius 2 is 2.06 bits per heavy atom. The summed E-state index contributed by atoms with van der Waals surface area (Å²) in [5, 5.41) is 13.3. The number of hydrogen-bond acceptors (Lipinski definition) is 4. The van der Waals surface area contributed by atoms with Gasteiger partial charge in [-0.1, -0.05) is 30.3 Å². The molecule has 1 amide bonds. The van der Waals surface area contributed by atoms with E-state index in [0.29, 0.717) is 5.70 Å². The van der Waals surface area contributed by atoms with Crippen LogP contribution in [0, 0.1) is 10.1 Å². The predicted molar refractivity (Wildman–Crippen MR) is 66.7 cm³/mol. The molecule has 1 fully saturated rings. The van der Waals surface area contributed by atoms with Gasteiger partial charge in [0.05, 0.1) is 5.70 Å². The summed E-state index contributed by atoms with van der Waals surface area (Å²) >= 11 is 0. The Bertz CT molecular complexity index is 549. The number of carbonyl (C=O) groups is 1. The van der Waals surface area contributed by atoms with Crippen LogP contribution in [0.15, 0.2) is 41.0 Å². The predicted octanol–water partition coefficient (Wildman–Crippen LogP) is 0.873. The van der Waals surface area contributed by atoms with Crippen molar-refractivity contribution in [2.24, 2.45) is 4.99 Å². The highest BCUT2D eigenvalue weighted by molar-refractivity contribution is 6.23. The molecule has 1 saturated heterocycles. The smallest absolute Gasteiger partial charge is 0.318 e. The third-order valence-corrected chi connectivity index (χ3v) is 2.60. The number of rotatable bonds is 2. The molecule has 1 aromatic rings. The first-order valence-electron chi connectivity index (χ1n) is 5.31. The zero-order valence-corrected chi connectivity index (χ0v) is 9.66. The molecular weight excluding hydrogens is 234 g/mol. The summed E-state index contributed by atoms with van der Waals surface area (Å²) in [5.74, 6) is -0.650. The maximum absolute atomic E-state index is 11.5. The van der Waals surface area contributed by atoms with E-state index in [2.05, 4.69) is 10.3 Å². The first kappa shape index (κ1) is 12.0. The van der Waals surface area contributed by atoms with Gasteiger partial charge in [-0.2, -0.15) is 0 Å². The number of carbonyl (C=O) groups excluding carboxylic acids is 1. The molecule has 6 heteroatoms. The van der Waals surface area contributed by atoms with Crippen molar-refractivity contribution in [3.8, 4) is 0 Å². The summed E-state index contributed by atoms with van der Waals surface area (Å²) in [4.78, 5) is 25.5.